The Morgan fingerprint density at radius 3 is 2.70 bits per heavy atom. The normalized spacial score (nSPS) is 14.9. The first kappa shape index (κ1) is 19.9. The molecule has 7 heteroatoms. The number of imidazole rings is 1. The van der Waals surface area contributed by atoms with Crippen molar-refractivity contribution in [3.8, 4) is 11.1 Å². The summed E-state index contributed by atoms with van der Waals surface area (Å²) in [5, 5.41) is 8.03. The van der Waals surface area contributed by atoms with Crippen molar-refractivity contribution in [3.05, 3.63) is 78.0 Å². The fourth-order valence-corrected chi connectivity index (χ4v) is 5.07. The molecular weight excluding hydrogens is 410 g/mol. The first-order valence-corrected chi connectivity index (χ1v) is 11.5. The number of nitrogen functional groups attached to an aromatic ring is 1. The van der Waals surface area contributed by atoms with E-state index in [0.29, 0.717) is 11.7 Å². The fourth-order valence-electron chi connectivity index (χ4n) is 5.07. The standard InChI is InChI=1S/C26H27N7/c1-32-22-8-7-19(14-21(22)31-24(32)13-17-5-3-2-4-6-17)20-15-23(18-9-11-28-12-10-18)33-25(20)26(27)29-16-30-33/h2-8,14-16,18,28H,9-13H2,1H3,(H2,27,29,30). The molecule has 1 aliphatic heterocycles. The molecule has 0 amide bonds. The highest BCUT2D eigenvalue weighted by Crippen LogP contribution is 2.36. The molecule has 166 valence electrons. The summed E-state index contributed by atoms with van der Waals surface area (Å²) in [5.74, 6) is 2.01. The van der Waals surface area contributed by atoms with E-state index in [1.807, 2.05) is 10.6 Å². The maximum Gasteiger partial charge on any atom is 0.151 e. The zero-order valence-electron chi connectivity index (χ0n) is 18.7. The number of piperidine rings is 1. The molecule has 6 rings (SSSR count). The SMILES string of the molecule is Cn1c(Cc2ccccc2)nc2cc(-c3cc(C4CCNCC4)n4ncnc(N)c34)ccc21. The van der Waals surface area contributed by atoms with Crippen molar-refractivity contribution in [2.75, 3.05) is 18.8 Å². The van der Waals surface area contributed by atoms with E-state index in [1.54, 1.807) is 6.33 Å². The van der Waals surface area contributed by atoms with E-state index in [0.717, 1.165) is 65.9 Å². The zero-order chi connectivity index (χ0) is 22.4. The molecule has 0 spiro atoms. The van der Waals surface area contributed by atoms with Gasteiger partial charge in [-0.3, -0.25) is 0 Å². The van der Waals surface area contributed by atoms with Crippen molar-refractivity contribution < 1.29 is 0 Å². The van der Waals surface area contributed by atoms with Crippen molar-refractivity contribution in [3.63, 3.8) is 0 Å². The number of aromatic nitrogens is 5. The Hall–Kier alpha value is -3.71. The topological polar surface area (TPSA) is 86.1 Å². The molecule has 7 nitrogen and oxygen atoms in total. The summed E-state index contributed by atoms with van der Waals surface area (Å²) in [6.45, 7) is 2.05. The van der Waals surface area contributed by atoms with Gasteiger partial charge in [0.1, 0.15) is 17.7 Å². The van der Waals surface area contributed by atoms with Crippen molar-refractivity contribution in [2.45, 2.75) is 25.2 Å². The van der Waals surface area contributed by atoms with E-state index >= 15 is 0 Å². The Labute approximate surface area is 192 Å². The van der Waals surface area contributed by atoms with Gasteiger partial charge >= 0.3 is 0 Å². The largest absolute Gasteiger partial charge is 0.382 e. The smallest absolute Gasteiger partial charge is 0.151 e. The number of rotatable bonds is 4. The quantitative estimate of drug-likeness (QED) is 0.445. The van der Waals surface area contributed by atoms with Gasteiger partial charge in [-0.05, 0) is 55.3 Å². The van der Waals surface area contributed by atoms with Gasteiger partial charge in [0.2, 0.25) is 0 Å². The number of fused-ring (bicyclic) bond motifs is 2. The van der Waals surface area contributed by atoms with E-state index in [1.165, 1.54) is 11.3 Å². The monoisotopic (exact) mass is 437 g/mol. The predicted molar refractivity (Wildman–Crippen MR) is 131 cm³/mol. The highest BCUT2D eigenvalue weighted by atomic mass is 15.3. The van der Waals surface area contributed by atoms with E-state index in [4.69, 9.17) is 10.7 Å². The number of aryl methyl sites for hydroxylation is 1. The lowest BCUT2D eigenvalue weighted by atomic mass is 9.94. The van der Waals surface area contributed by atoms with Crippen molar-refractivity contribution in [1.29, 1.82) is 0 Å². The van der Waals surface area contributed by atoms with Crippen LogP contribution in [0.5, 0.6) is 0 Å². The summed E-state index contributed by atoms with van der Waals surface area (Å²) in [4.78, 5) is 9.27. The van der Waals surface area contributed by atoms with Crippen LogP contribution in [0.15, 0.2) is 60.9 Å². The third kappa shape index (κ3) is 3.45. The average molecular weight is 438 g/mol. The lowest BCUT2D eigenvalue weighted by Crippen LogP contribution is -2.27. The van der Waals surface area contributed by atoms with Crippen LogP contribution < -0.4 is 11.1 Å². The Morgan fingerprint density at radius 2 is 1.88 bits per heavy atom. The lowest BCUT2D eigenvalue weighted by molar-refractivity contribution is 0.448. The predicted octanol–water partition coefficient (Wildman–Crippen LogP) is 3.92. The summed E-state index contributed by atoms with van der Waals surface area (Å²) in [7, 11) is 2.09. The third-order valence-electron chi connectivity index (χ3n) is 6.86. The van der Waals surface area contributed by atoms with Gasteiger partial charge in [0.05, 0.1) is 11.0 Å². The fraction of sp³-hybridized carbons (Fsp3) is 0.269. The maximum absolute atomic E-state index is 6.36. The van der Waals surface area contributed by atoms with Gasteiger partial charge in [-0.15, -0.1) is 0 Å². The number of anilines is 1. The minimum Gasteiger partial charge on any atom is -0.382 e. The summed E-state index contributed by atoms with van der Waals surface area (Å²) >= 11 is 0. The molecular formula is C26H27N7. The van der Waals surface area contributed by atoms with Gasteiger partial charge in [-0.2, -0.15) is 5.10 Å². The van der Waals surface area contributed by atoms with Crippen LogP contribution in [-0.2, 0) is 13.5 Å². The highest BCUT2D eigenvalue weighted by molar-refractivity contribution is 5.92. The van der Waals surface area contributed by atoms with Crippen LogP contribution in [0.25, 0.3) is 27.7 Å². The van der Waals surface area contributed by atoms with Crippen LogP contribution in [0.3, 0.4) is 0 Å². The first-order chi connectivity index (χ1) is 16.2. The van der Waals surface area contributed by atoms with Crippen LogP contribution in [0.2, 0.25) is 0 Å². The van der Waals surface area contributed by atoms with Crippen LogP contribution in [0, 0.1) is 0 Å². The average Bonchev–Trinajstić information content (AvgIpc) is 3.39. The highest BCUT2D eigenvalue weighted by Gasteiger charge is 2.23. The van der Waals surface area contributed by atoms with E-state index < -0.39 is 0 Å². The molecule has 1 fully saturated rings. The van der Waals surface area contributed by atoms with Gasteiger partial charge in [-0.1, -0.05) is 36.4 Å². The van der Waals surface area contributed by atoms with Crippen molar-refractivity contribution in [2.24, 2.45) is 7.05 Å². The molecule has 1 aliphatic rings. The van der Waals surface area contributed by atoms with Gasteiger partial charge in [-0.25, -0.2) is 14.5 Å². The van der Waals surface area contributed by atoms with Crippen molar-refractivity contribution >= 4 is 22.4 Å². The molecule has 0 atom stereocenters. The lowest BCUT2D eigenvalue weighted by Gasteiger charge is -2.22. The molecule has 1 saturated heterocycles. The molecule has 0 aliphatic carbocycles. The third-order valence-corrected chi connectivity index (χ3v) is 6.86. The second-order valence-corrected chi connectivity index (χ2v) is 8.87. The molecule has 0 bridgehead atoms. The molecule has 33 heavy (non-hydrogen) atoms. The molecule has 4 heterocycles. The minimum atomic E-state index is 0.456. The number of benzene rings is 2. The molecule has 5 aromatic rings. The summed E-state index contributed by atoms with van der Waals surface area (Å²) < 4.78 is 4.18. The van der Waals surface area contributed by atoms with Gasteiger partial charge < -0.3 is 15.6 Å². The molecule has 3 N–H and O–H groups in total. The zero-order valence-corrected chi connectivity index (χ0v) is 18.7. The summed E-state index contributed by atoms with van der Waals surface area (Å²) in [5.41, 5.74) is 14.0. The van der Waals surface area contributed by atoms with Crippen LogP contribution in [0.1, 0.15) is 35.8 Å². The summed E-state index contributed by atoms with van der Waals surface area (Å²) in [6.07, 6.45) is 4.54. The molecule has 0 unspecified atom stereocenters. The molecule has 2 aromatic carbocycles. The van der Waals surface area contributed by atoms with E-state index in [9.17, 15) is 0 Å². The molecule has 0 radical (unpaired) electrons. The number of nitrogens with zero attached hydrogens (tertiary/aromatic N) is 5. The Bertz CT molecular complexity index is 1440. The van der Waals surface area contributed by atoms with Crippen molar-refractivity contribution in [1.82, 2.24) is 29.5 Å². The van der Waals surface area contributed by atoms with Gasteiger partial charge in [0.25, 0.3) is 0 Å². The Kier molecular flexibility index (Phi) is 4.84. The van der Waals surface area contributed by atoms with Crippen LogP contribution in [-0.4, -0.2) is 37.2 Å². The number of nitrogens with one attached hydrogen (secondary N) is 1. The van der Waals surface area contributed by atoms with Gasteiger partial charge in [0.15, 0.2) is 5.82 Å². The second kappa shape index (κ2) is 8.01. The first-order valence-electron chi connectivity index (χ1n) is 11.5. The number of nitrogens with two attached hydrogens (primary N) is 1. The van der Waals surface area contributed by atoms with E-state index in [-0.39, 0.29) is 0 Å². The van der Waals surface area contributed by atoms with Crippen LogP contribution >= 0.6 is 0 Å². The van der Waals surface area contributed by atoms with E-state index in [2.05, 4.69) is 75.5 Å². The Morgan fingerprint density at radius 1 is 1.06 bits per heavy atom. The second-order valence-electron chi connectivity index (χ2n) is 8.87. The Balaban J connectivity index is 1.46. The molecule has 0 saturated carbocycles. The molecule has 3 aromatic heterocycles. The van der Waals surface area contributed by atoms with Gasteiger partial charge in [0, 0.05) is 30.6 Å². The maximum atomic E-state index is 6.36. The minimum absolute atomic E-state index is 0.456. The van der Waals surface area contributed by atoms with Crippen LogP contribution in [0.4, 0.5) is 5.82 Å². The number of hydrogen-bond acceptors (Lipinski definition) is 5. The number of hydrogen-bond donors (Lipinski definition) is 2. The summed E-state index contributed by atoms with van der Waals surface area (Å²) in [6, 6.07) is 19.2.